The van der Waals surface area contributed by atoms with E-state index in [1.807, 2.05) is 17.9 Å². The van der Waals surface area contributed by atoms with Crippen LogP contribution in [0.2, 0.25) is 0 Å². The number of hydrogen-bond acceptors (Lipinski definition) is 5. The van der Waals surface area contributed by atoms with Crippen molar-refractivity contribution in [1.29, 1.82) is 0 Å². The number of thioether (sulfide) groups is 1. The molecule has 1 saturated heterocycles. The van der Waals surface area contributed by atoms with E-state index in [0.29, 0.717) is 0 Å². The molecule has 0 spiro atoms. The summed E-state index contributed by atoms with van der Waals surface area (Å²) in [4.78, 5) is 23.1. The number of amides is 1. The fourth-order valence-electron chi connectivity index (χ4n) is 3.43. The smallest absolute Gasteiger partial charge is 0.235 e. The molecule has 1 atom stereocenters. The first-order valence-electron chi connectivity index (χ1n) is 9.67. The van der Waals surface area contributed by atoms with Crippen molar-refractivity contribution in [3.05, 3.63) is 59.1 Å². The summed E-state index contributed by atoms with van der Waals surface area (Å²) in [6.07, 6.45) is 0. The fraction of sp³-hybridized carbons (Fsp3) is 0.364. The molecule has 1 aromatic heterocycles. The minimum absolute atomic E-state index is 0.0569. The number of piperazine rings is 1. The second-order valence-electron chi connectivity index (χ2n) is 7.25. The Balaban J connectivity index is 1.29. The Kier molecular flexibility index (Phi) is 5.99. The molecule has 28 heavy (non-hydrogen) atoms. The van der Waals surface area contributed by atoms with Gasteiger partial charge < -0.3 is 4.90 Å². The first-order valence-corrected chi connectivity index (χ1v) is 11.4. The number of fused-ring (bicyclic) bond motifs is 1. The van der Waals surface area contributed by atoms with E-state index < -0.39 is 0 Å². The molecular formula is C22H25N3OS2. The van der Waals surface area contributed by atoms with Crippen LogP contribution in [0, 0.1) is 6.92 Å². The molecule has 1 aliphatic rings. The molecule has 1 aliphatic heterocycles. The summed E-state index contributed by atoms with van der Waals surface area (Å²) in [6, 6.07) is 16.7. The zero-order valence-electron chi connectivity index (χ0n) is 16.3. The Morgan fingerprint density at radius 3 is 2.54 bits per heavy atom. The number of rotatable bonds is 5. The monoisotopic (exact) mass is 411 g/mol. The molecule has 4 rings (SSSR count). The van der Waals surface area contributed by atoms with E-state index in [1.165, 1.54) is 10.3 Å². The summed E-state index contributed by atoms with van der Waals surface area (Å²) in [5.74, 6) is 0.241. The molecule has 2 heterocycles. The summed E-state index contributed by atoms with van der Waals surface area (Å²) >= 11 is 3.42. The number of aryl methyl sites for hydroxylation is 1. The van der Waals surface area contributed by atoms with Crippen LogP contribution in [0.3, 0.4) is 0 Å². The fourth-order valence-corrected chi connectivity index (χ4v) is 5.39. The van der Waals surface area contributed by atoms with Crippen LogP contribution in [-0.2, 0) is 11.3 Å². The van der Waals surface area contributed by atoms with E-state index in [2.05, 4.69) is 54.3 Å². The largest absolute Gasteiger partial charge is 0.339 e. The first kappa shape index (κ1) is 19.4. The Morgan fingerprint density at radius 1 is 1.11 bits per heavy atom. The highest BCUT2D eigenvalue weighted by atomic mass is 32.2. The van der Waals surface area contributed by atoms with E-state index in [4.69, 9.17) is 4.98 Å². The van der Waals surface area contributed by atoms with Crippen molar-refractivity contribution in [2.75, 3.05) is 26.2 Å². The van der Waals surface area contributed by atoms with Gasteiger partial charge in [0.1, 0.15) is 5.01 Å². The van der Waals surface area contributed by atoms with Gasteiger partial charge in [0.25, 0.3) is 0 Å². The number of nitrogens with zero attached hydrogens (tertiary/aromatic N) is 3. The highest BCUT2D eigenvalue weighted by Crippen LogP contribution is 2.26. The van der Waals surface area contributed by atoms with Gasteiger partial charge in [-0.2, -0.15) is 0 Å². The lowest BCUT2D eigenvalue weighted by atomic mass is 10.2. The summed E-state index contributed by atoms with van der Waals surface area (Å²) in [7, 11) is 0. The highest BCUT2D eigenvalue weighted by Gasteiger charge is 2.26. The topological polar surface area (TPSA) is 36.4 Å². The van der Waals surface area contributed by atoms with Gasteiger partial charge in [-0.15, -0.1) is 23.1 Å². The summed E-state index contributed by atoms with van der Waals surface area (Å²) in [5, 5.41) is 1.10. The molecule has 2 aromatic carbocycles. The summed E-state index contributed by atoms with van der Waals surface area (Å²) in [6.45, 7) is 8.37. The molecule has 4 nitrogen and oxygen atoms in total. The number of hydrogen-bond donors (Lipinski definition) is 0. The number of benzene rings is 2. The van der Waals surface area contributed by atoms with Crippen LogP contribution in [0.15, 0.2) is 53.4 Å². The predicted octanol–water partition coefficient (Wildman–Crippen LogP) is 4.43. The van der Waals surface area contributed by atoms with E-state index in [1.54, 1.807) is 23.1 Å². The summed E-state index contributed by atoms with van der Waals surface area (Å²) in [5.41, 5.74) is 2.32. The first-order chi connectivity index (χ1) is 13.6. The minimum atomic E-state index is -0.0569. The zero-order valence-corrected chi connectivity index (χ0v) is 17.9. The molecule has 1 fully saturated rings. The van der Waals surface area contributed by atoms with E-state index in [-0.39, 0.29) is 11.2 Å². The highest BCUT2D eigenvalue weighted by molar-refractivity contribution is 8.00. The van der Waals surface area contributed by atoms with Gasteiger partial charge in [-0.3, -0.25) is 9.69 Å². The third kappa shape index (κ3) is 4.57. The van der Waals surface area contributed by atoms with Gasteiger partial charge in [0, 0.05) is 31.1 Å². The van der Waals surface area contributed by atoms with Gasteiger partial charge in [-0.25, -0.2) is 4.98 Å². The Bertz CT molecular complexity index is 913. The molecule has 6 heteroatoms. The maximum absolute atomic E-state index is 12.8. The summed E-state index contributed by atoms with van der Waals surface area (Å²) < 4.78 is 1.24. The maximum atomic E-state index is 12.8. The molecule has 0 bridgehead atoms. The molecule has 0 aliphatic carbocycles. The van der Waals surface area contributed by atoms with Crippen LogP contribution in [-0.4, -0.2) is 52.1 Å². The van der Waals surface area contributed by atoms with Gasteiger partial charge >= 0.3 is 0 Å². The van der Waals surface area contributed by atoms with Crippen molar-refractivity contribution >= 4 is 39.2 Å². The second kappa shape index (κ2) is 8.64. The average molecular weight is 412 g/mol. The quantitative estimate of drug-likeness (QED) is 0.582. The lowest BCUT2D eigenvalue weighted by Gasteiger charge is -2.35. The van der Waals surface area contributed by atoms with E-state index >= 15 is 0 Å². The Labute approximate surface area is 174 Å². The molecule has 0 radical (unpaired) electrons. The minimum Gasteiger partial charge on any atom is -0.339 e. The number of para-hydroxylation sites is 1. The van der Waals surface area contributed by atoms with Gasteiger partial charge in [0.2, 0.25) is 5.91 Å². The van der Waals surface area contributed by atoms with Gasteiger partial charge in [-0.1, -0.05) is 29.8 Å². The van der Waals surface area contributed by atoms with Crippen molar-refractivity contribution in [1.82, 2.24) is 14.8 Å². The molecular weight excluding hydrogens is 386 g/mol. The number of aromatic nitrogens is 1. The molecule has 3 aromatic rings. The zero-order chi connectivity index (χ0) is 19.5. The molecule has 1 amide bonds. The van der Waals surface area contributed by atoms with Crippen LogP contribution in [0.5, 0.6) is 0 Å². The maximum Gasteiger partial charge on any atom is 0.235 e. The lowest BCUT2D eigenvalue weighted by molar-refractivity contribution is -0.132. The normalized spacial score (nSPS) is 16.4. The molecule has 0 N–H and O–H groups in total. The Morgan fingerprint density at radius 2 is 1.82 bits per heavy atom. The molecule has 0 saturated carbocycles. The molecule has 0 unspecified atom stereocenters. The van der Waals surface area contributed by atoms with Crippen LogP contribution >= 0.6 is 23.1 Å². The third-order valence-corrected chi connectivity index (χ3v) is 7.18. The second-order valence-corrected chi connectivity index (χ2v) is 9.78. The van der Waals surface area contributed by atoms with Crippen LogP contribution < -0.4 is 0 Å². The number of carbonyl (C=O) groups is 1. The average Bonchev–Trinajstić information content (AvgIpc) is 3.12. The van der Waals surface area contributed by atoms with Crippen molar-refractivity contribution in [2.24, 2.45) is 0 Å². The van der Waals surface area contributed by atoms with Gasteiger partial charge in [-0.05, 0) is 38.1 Å². The molecule has 146 valence electrons. The lowest BCUT2D eigenvalue weighted by Crippen LogP contribution is -2.50. The predicted molar refractivity (Wildman–Crippen MR) is 118 cm³/mol. The van der Waals surface area contributed by atoms with Crippen molar-refractivity contribution in [3.63, 3.8) is 0 Å². The van der Waals surface area contributed by atoms with E-state index in [9.17, 15) is 4.79 Å². The SMILES string of the molecule is Cc1ccc(S[C@H](C)C(=O)N2CCN(Cc3nc4ccccc4s3)CC2)cc1. The van der Waals surface area contributed by atoms with Crippen LogP contribution in [0.1, 0.15) is 17.5 Å². The van der Waals surface area contributed by atoms with Crippen molar-refractivity contribution < 1.29 is 4.79 Å². The standard InChI is InChI=1S/C22H25N3OS2/c1-16-7-9-18(10-8-16)27-17(2)22(26)25-13-11-24(12-14-25)15-21-23-19-5-3-4-6-20(19)28-21/h3-10,17H,11-15H2,1-2H3/t17-/m1/s1. The van der Waals surface area contributed by atoms with Crippen molar-refractivity contribution in [3.8, 4) is 0 Å². The number of thiazole rings is 1. The van der Waals surface area contributed by atoms with Crippen molar-refractivity contribution in [2.45, 2.75) is 30.5 Å². The number of carbonyl (C=O) groups excluding carboxylic acids is 1. The van der Waals surface area contributed by atoms with E-state index in [0.717, 1.165) is 48.1 Å². The van der Waals surface area contributed by atoms with Gasteiger partial charge in [0.05, 0.1) is 22.0 Å². The van der Waals surface area contributed by atoms with Gasteiger partial charge in [0.15, 0.2) is 0 Å². The Hall–Kier alpha value is -1.89. The third-order valence-electron chi connectivity index (χ3n) is 5.06. The van der Waals surface area contributed by atoms with Crippen LogP contribution in [0.25, 0.3) is 10.2 Å². The van der Waals surface area contributed by atoms with Crippen LogP contribution in [0.4, 0.5) is 0 Å².